The van der Waals surface area contributed by atoms with Crippen LogP contribution in [0.15, 0.2) is 24.7 Å². The van der Waals surface area contributed by atoms with E-state index < -0.39 is 0 Å². The zero-order valence-electron chi connectivity index (χ0n) is 9.84. The van der Waals surface area contributed by atoms with Gasteiger partial charge in [0.1, 0.15) is 5.52 Å². The standard InChI is InChI=1S/C12H16N4O/c1-17-11-4-2-3-9(11)15-12-10-5-6-14-16(10)8-7-13-12/h5-9,11H,2-4H2,1H3,(H,13,15). The number of anilines is 1. The van der Waals surface area contributed by atoms with Crippen LogP contribution < -0.4 is 5.32 Å². The number of hydrogen-bond acceptors (Lipinski definition) is 4. The Labute approximate surface area is 99.8 Å². The van der Waals surface area contributed by atoms with Gasteiger partial charge in [-0.3, -0.25) is 0 Å². The lowest BCUT2D eigenvalue weighted by atomic mass is 10.2. The van der Waals surface area contributed by atoms with Crippen LogP contribution in [0.1, 0.15) is 19.3 Å². The maximum atomic E-state index is 5.48. The zero-order valence-corrected chi connectivity index (χ0v) is 9.84. The summed E-state index contributed by atoms with van der Waals surface area (Å²) < 4.78 is 7.30. The van der Waals surface area contributed by atoms with Crippen LogP contribution >= 0.6 is 0 Å². The lowest BCUT2D eigenvalue weighted by molar-refractivity contribution is 0.101. The minimum absolute atomic E-state index is 0.292. The Bertz CT molecular complexity index is 510. The normalized spacial score (nSPS) is 24.3. The van der Waals surface area contributed by atoms with E-state index in [0.29, 0.717) is 12.1 Å². The van der Waals surface area contributed by atoms with E-state index in [4.69, 9.17) is 4.74 Å². The van der Waals surface area contributed by atoms with E-state index in [0.717, 1.165) is 24.2 Å². The van der Waals surface area contributed by atoms with Gasteiger partial charge in [0, 0.05) is 19.5 Å². The first kappa shape index (κ1) is 10.5. The third-order valence-corrected chi connectivity index (χ3v) is 3.40. The number of nitrogens with zero attached hydrogens (tertiary/aromatic N) is 3. The molecule has 2 aromatic heterocycles. The van der Waals surface area contributed by atoms with Gasteiger partial charge in [-0.2, -0.15) is 5.10 Å². The maximum Gasteiger partial charge on any atom is 0.152 e. The van der Waals surface area contributed by atoms with Gasteiger partial charge in [0.25, 0.3) is 0 Å². The second kappa shape index (κ2) is 4.33. The van der Waals surface area contributed by atoms with E-state index in [1.54, 1.807) is 19.5 Å². The quantitative estimate of drug-likeness (QED) is 0.875. The Morgan fingerprint density at radius 1 is 1.41 bits per heavy atom. The summed E-state index contributed by atoms with van der Waals surface area (Å²) in [5.41, 5.74) is 1.01. The SMILES string of the molecule is COC1CCCC1Nc1nccn2nccc12. The molecule has 2 heterocycles. The van der Waals surface area contributed by atoms with E-state index >= 15 is 0 Å². The minimum atomic E-state index is 0.292. The van der Waals surface area contributed by atoms with Crippen LogP contribution in [0.3, 0.4) is 0 Å². The van der Waals surface area contributed by atoms with Gasteiger partial charge >= 0.3 is 0 Å². The molecule has 3 rings (SSSR count). The number of methoxy groups -OCH3 is 1. The predicted molar refractivity (Wildman–Crippen MR) is 65.0 cm³/mol. The molecule has 1 N–H and O–H groups in total. The molecule has 0 amide bonds. The first-order valence-corrected chi connectivity index (χ1v) is 5.96. The molecule has 0 radical (unpaired) electrons. The molecule has 0 bridgehead atoms. The lowest BCUT2D eigenvalue weighted by Crippen LogP contribution is -2.30. The molecule has 1 fully saturated rings. The van der Waals surface area contributed by atoms with Crippen LogP contribution in [0.5, 0.6) is 0 Å². The first-order valence-electron chi connectivity index (χ1n) is 5.96. The van der Waals surface area contributed by atoms with Gasteiger partial charge in [0.2, 0.25) is 0 Å². The Hall–Kier alpha value is -1.62. The van der Waals surface area contributed by atoms with Crippen molar-refractivity contribution in [3.8, 4) is 0 Å². The summed E-state index contributed by atoms with van der Waals surface area (Å²) in [7, 11) is 1.78. The third kappa shape index (κ3) is 1.86. The minimum Gasteiger partial charge on any atom is -0.379 e. The van der Waals surface area contributed by atoms with E-state index in [2.05, 4.69) is 15.4 Å². The van der Waals surface area contributed by atoms with Gasteiger partial charge in [-0.1, -0.05) is 0 Å². The number of ether oxygens (including phenoxy) is 1. The Morgan fingerprint density at radius 3 is 3.24 bits per heavy atom. The van der Waals surface area contributed by atoms with Crippen LogP contribution in [0, 0.1) is 0 Å². The van der Waals surface area contributed by atoms with Crippen molar-refractivity contribution in [2.45, 2.75) is 31.4 Å². The lowest BCUT2D eigenvalue weighted by Gasteiger charge is -2.20. The van der Waals surface area contributed by atoms with Gasteiger partial charge in [-0.25, -0.2) is 9.50 Å². The average Bonchev–Trinajstić information content (AvgIpc) is 2.97. The molecule has 1 aliphatic carbocycles. The van der Waals surface area contributed by atoms with Crippen LogP contribution in [-0.2, 0) is 4.74 Å². The summed E-state index contributed by atoms with van der Waals surface area (Å²) in [4.78, 5) is 4.38. The Balaban J connectivity index is 1.87. The van der Waals surface area contributed by atoms with Crippen LogP contribution in [-0.4, -0.2) is 33.9 Å². The number of fused-ring (bicyclic) bond motifs is 1. The summed E-state index contributed by atoms with van der Waals surface area (Å²) >= 11 is 0. The fourth-order valence-corrected chi connectivity index (χ4v) is 2.52. The van der Waals surface area contributed by atoms with E-state index in [1.807, 2.05) is 16.8 Å². The largest absolute Gasteiger partial charge is 0.379 e. The number of hydrogen-bond donors (Lipinski definition) is 1. The molecule has 90 valence electrons. The monoisotopic (exact) mass is 232 g/mol. The Kier molecular flexibility index (Phi) is 2.68. The van der Waals surface area contributed by atoms with Crippen molar-refractivity contribution in [1.82, 2.24) is 14.6 Å². The molecule has 0 spiro atoms. The van der Waals surface area contributed by atoms with Crippen LogP contribution in [0.2, 0.25) is 0 Å². The summed E-state index contributed by atoms with van der Waals surface area (Å²) in [6.45, 7) is 0. The highest BCUT2D eigenvalue weighted by Crippen LogP contribution is 2.25. The van der Waals surface area contributed by atoms with Gasteiger partial charge in [0.15, 0.2) is 5.82 Å². The fraction of sp³-hybridized carbons (Fsp3) is 0.500. The van der Waals surface area contributed by atoms with Crippen molar-refractivity contribution < 1.29 is 4.74 Å². The predicted octanol–water partition coefficient (Wildman–Crippen LogP) is 1.71. The third-order valence-electron chi connectivity index (χ3n) is 3.40. The molecule has 0 aromatic carbocycles. The molecule has 17 heavy (non-hydrogen) atoms. The number of aromatic nitrogens is 3. The van der Waals surface area contributed by atoms with Gasteiger partial charge in [-0.05, 0) is 25.3 Å². The van der Waals surface area contributed by atoms with Crippen molar-refractivity contribution in [2.75, 3.05) is 12.4 Å². The zero-order chi connectivity index (χ0) is 11.7. The molecule has 5 heteroatoms. The number of rotatable bonds is 3. The summed E-state index contributed by atoms with van der Waals surface area (Å²) in [5, 5.41) is 7.67. The smallest absolute Gasteiger partial charge is 0.152 e. The molecule has 5 nitrogen and oxygen atoms in total. The van der Waals surface area contributed by atoms with Crippen molar-refractivity contribution in [3.63, 3.8) is 0 Å². The fourth-order valence-electron chi connectivity index (χ4n) is 2.52. The van der Waals surface area contributed by atoms with E-state index in [-0.39, 0.29) is 0 Å². The second-order valence-corrected chi connectivity index (χ2v) is 4.39. The van der Waals surface area contributed by atoms with Crippen molar-refractivity contribution in [3.05, 3.63) is 24.7 Å². The summed E-state index contributed by atoms with van der Waals surface area (Å²) in [6.07, 6.45) is 9.15. The molecule has 1 aliphatic rings. The average molecular weight is 232 g/mol. The maximum absolute atomic E-state index is 5.48. The number of nitrogens with one attached hydrogen (secondary N) is 1. The highest BCUT2D eigenvalue weighted by Gasteiger charge is 2.27. The molecule has 0 aliphatic heterocycles. The highest BCUT2D eigenvalue weighted by molar-refractivity contribution is 5.67. The molecule has 2 atom stereocenters. The van der Waals surface area contributed by atoms with Gasteiger partial charge < -0.3 is 10.1 Å². The van der Waals surface area contributed by atoms with E-state index in [1.165, 1.54) is 6.42 Å². The summed E-state index contributed by atoms with van der Waals surface area (Å²) in [5.74, 6) is 0.888. The van der Waals surface area contributed by atoms with Crippen molar-refractivity contribution in [1.29, 1.82) is 0 Å². The van der Waals surface area contributed by atoms with Gasteiger partial charge in [-0.15, -0.1) is 0 Å². The highest BCUT2D eigenvalue weighted by atomic mass is 16.5. The topological polar surface area (TPSA) is 51.5 Å². The molecule has 1 saturated carbocycles. The van der Waals surface area contributed by atoms with E-state index in [9.17, 15) is 0 Å². The molecule has 0 saturated heterocycles. The van der Waals surface area contributed by atoms with Gasteiger partial charge in [0.05, 0.1) is 18.3 Å². The molecule has 2 unspecified atom stereocenters. The van der Waals surface area contributed by atoms with Crippen molar-refractivity contribution in [2.24, 2.45) is 0 Å². The second-order valence-electron chi connectivity index (χ2n) is 4.39. The van der Waals surface area contributed by atoms with Crippen molar-refractivity contribution >= 4 is 11.3 Å². The molecule has 2 aromatic rings. The first-order chi connectivity index (χ1) is 8.38. The molecular formula is C12H16N4O. The van der Waals surface area contributed by atoms with Crippen LogP contribution in [0.25, 0.3) is 5.52 Å². The summed E-state index contributed by atoms with van der Waals surface area (Å²) in [6, 6.07) is 2.32. The van der Waals surface area contributed by atoms with Crippen LogP contribution in [0.4, 0.5) is 5.82 Å². The molecular weight excluding hydrogens is 216 g/mol. The Morgan fingerprint density at radius 2 is 2.35 bits per heavy atom.